The third-order valence-corrected chi connectivity index (χ3v) is 6.17. The molecule has 0 aromatic carbocycles. The first-order chi connectivity index (χ1) is 17.0. The minimum Gasteiger partial charge on any atom is -0.480 e. The van der Waals surface area contributed by atoms with Crippen molar-refractivity contribution in [2.45, 2.75) is 57.6 Å². The third-order valence-electron chi connectivity index (χ3n) is 6.17. The fourth-order valence-corrected chi connectivity index (χ4v) is 4.14. The van der Waals surface area contributed by atoms with Crippen LogP contribution in [0.15, 0.2) is 24.5 Å². The smallest absolute Gasteiger partial charge is 0.326 e. The number of unbranched alkanes of at least 4 members (excludes halogenated alkanes) is 1. The number of ether oxygens (including phenoxy) is 1. The number of nitrogens with one attached hydrogen (secondary N) is 2. The first-order valence-corrected chi connectivity index (χ1v) is 12.2. The summed E-state index contributed by atoms with van der Waals surface area (Å²) in [7, 11) is 1.68. The Hall–Kier alpha value is -3.29. The van der Waals surface area contributed by atoms with Crippen LogP contribution in [0.2, 0.25) is 0 Å². The van der Waals surface area contributed by atoms with Gasteiger partial charge in [-0.25, -0.2) is 19.7 Å². The first-order valence-electron chi connectivity index (χ1n) is 12.2. The first kappa shape index (κ1) is 26.3. The van der Waals surface area contributed by atoms with Gasteiger partial charge in [-0.2, -0.15) is 5.26 Å². The van der Waals surface area contributed by atoms with Gasteiger partial charge in [-0.05, 0) is 63.6 Å². The summed E-state index contributed by atoms with van der Waals surface area (Å²) in [6, 6.07) is 5.37. The molecule has 0 radical (unpaired) electrons. The van der Waals surface area contributed by atoms with Crippen LogP contribution in [-0.2, 0) is 22.4 Å². The number of nitrogens with zero attached hydrogens (tertiary/aromatic N) is 5. The Labute approximate surface area is 206 Å². The van der Waals surface area contributed by atoms with Gasteiger partial charge in [0.1, 0.15) is 17.9 Å². The van der Waals surface area contributed by atoms with Crippen molar-refractivity contribution in [3.8, 4) is 6.07 Å². The van der Waals surface area contributed by atoms with Gasteiger partial charge in [0.25, 0.3) is 0 Å². The van der Waals surface area contributed by atoms with E-state index in [1.54, 1.807) is 7.11 Å². The molecule has 188 valence electrons. The number of carbonyl (C=O) groups is 1. The van der Waals surface area contributed by atoms with E-state index in [2.05, 4.69) is 37.6 Å². The molecule has 2 atom stereocenters. The summed E-state index contributed by atoms with van der Waals surface area (Å²) >= 11 is 0. The highest BCUT2D eigenvalue weighted by atomic mass is 16.5. The standard InChI is InChI=1S/C25H35N7O3/c1-18(35-2)17-32(14-4-3-7-20-9-8-19-6-5-11-28-23(19)30-20)15-10-21(25(33)34)31-24-22(16-26)27-12-13-29-24/h8-9,12-13,18,21H,3-7,10-11,14-15,17H2,1-2H3,(H,28,30)(H,29,31)(H,33,34)/t18-,21+/m1/s1. The van der Waals surface area contributed by atoms with E-state index >= 15 is 0 Å². The molecule has 3 heterocycles. The van der Waals surface area contributed by atoms with Gasteiger partial charge in [0.15, 0.2) is 11.5 Å². The number of fused-ring (bicyclic) bond motifs is 1. The van der Waals surface area contributed by atoms with Gasteiger partial charge in [-0.15, -0.1) is 0 Å². The lowest BCUT2D eigenvalue weighted by Crippen LogP contribution is -2.38. The van der Waals surface area contributed by atoms with E-state index in [4.69, 9.17) is 9.72 Å². The molecule has 0 unspecified atom stereocenters. The van der Waals surface area contributed by atoms with Crippen molar-refractivity contribution in [1.82, 2.24) is 19.9 Å². The largest absolute Gasteiger partial charge is 0.480 e. The molecule has 35 heavy (non-hydrogen) atoms. The molecular weight excluding hydrogens is 446 g/mol. The van der Waals surface area contributed by atoms with Crippen molar-refractivity contribution in [3.05, 3.63) is 41.5 Å². The topological polar surface area (TPSA) is 136 Å². The van der Waals surface area contributed by atoms with Gasteiger partial charge < -0.3 is 25.4 Å². The Balaban J connectivity index is 1.52. The van der Waals surface area contributed by atoms with Crippen LogP contribution in [0.5, 0.6) is 0 Å². The van der Waals surface area contributed by atoms with E-state index in [0.717, 1.165) is 56.7 Å². The number of aromatic nitrogens is 3. The van der Waals surface area contributed by atoms with Crippen molar-refractivity contribution in [1.29, 1.82) is 5.26 Å². The SMILES string of the molecule is CO[C@H](C)CN(CCCCc1ccc2c(n1)NCCC2)CC[C@H](Nc1nccnc1C#N)C(=O)O. The van der Waals surface area contributed by atoms with Crippen molar-refractivity contribution in [2.75, 3.05) is 43.9 Å². The summed E-state index contributed by atoms with van der Waals surface area (Å²) in [5, 5.41) is 25.2. The molecular formula is C25H35N7O3. The number of rotatable bonds is 14. The predicted octanol–water partition coefficient (Wildman–Crippen LogP) is 2.72. The maximum absolute atomic E-state index is 11.9. The highest BCUT2D eigenvalue weighted by Gasteiger charge is 2.21. The molecule has 0 amide bonds. The van der Waals surface area contributed by atoms with Crippen molar-refractivity contribution >= 4 is 17.6 Å². The number of aliphatic carboxylic acids is 1. The van der Waals surface area contributed by atoms with Crippen molar-refractivity contribution in [2.24, 2.45) is 0 Å². The number of hydrogen-bond donors (Lipinski definition) is 3. The van der Waals surface area contributed by atoms with Crippen LogP contribution in [0.4, 0.5) is 11.6 Å². The second-order valence-corrected chi connectivity index (χ2v) is 8.83. The molecule has 0 fully saturated rings. The van der Waals surface area contributed by atoms with E-state index in [-0.39, 0.29) is 17.6 Å². The molecule has 0 bridgehead atoms. The number of hydrogen-bond acceptors (Lipinski definition) is 9. The molecule has 3 rings (SSSR count). The second-order valence-electron chi connectivity index (χ2n) is 8.83. The molecule has 0 aliphatic carbocycles. The van der Waals surface area contributed by atoms with Crippen LogP contribution in [0, 0.1) is 11.3 Å². The van der Waals surface area contributed by atoms with Gasteiger partial charge in [0, 0.05) is 44.8 Å². The molecule has 1 aliphatic rings. The van der Waals surface area contributed by atoms with Crippen LogP contribution in [0.1, 0.15) is 49.6 Å². The number of aryl methyl sites for hydroxylation is 2. The Morgan fingerprint density at radius 3 is 2.91 bits per heavy atom. The maximum atomic E-state index is 11.9. The Kier molecular flexibility index (Phi) is 10.2. The summed E-state index contributed by atoms with van der Waals surface area (Å²) in [5.41, 5.74) is 2.47. The third kappa shape index (κ3) is 8.16. The summed E-state index contributed by atoms with van der Waals surface area (Å²) < 4.78 is 5.44. The Morgan fingerprint density at radius 1 is 1.31 bits per heavy atom. The van der Waals surface area contributed by atoms with E-state index in [1.807, 2.05) is 13.0 Å². The Morgan fingerprint density at radius 2 is 2.14 bits per heavy atom. The summed E-state index contributed by atoms with van der Waals surface area (Å²) in [6.07, 6.45) is 8.34. The maximum Gasteiger partial charge on any atom is 0.326 e. The number of carboxylic acid groups (broad SMARTS) is 1. The van der Waals surface area contributed by atoms with Crippen molar-refractivity contribution in [3.63, 3.8) is 0 Å². The zero-order valence-corrected chi connectivity index (χ0v) is 20.5. The molecule has 0 saturated heterocycles. The molecule has 3 N–H and O–H groups in total. The van der Waals surface area contributed by atoms with Gasteiger partial charge in [-0.3, -0.25) is 0 Å². The summed E-state index contributed by atoms with van der Waals surface area (Å²) in [4.78, 5) is 26.9. The minimum atomic E-state index is -0.994. The van der Waals surface area contributed by atoms with Gasteiger partial charge >= 0.3 is 5.97 Å². The highest BCUT2D eigenvalue weighted by Crippen LogP contribution is 2.20. The van der Waals surface area contributed by atoms with Crippen LogP contribution in [0.3, 0.4) is 0 Å². The predicted molar refractivity (Wildman–Crippen MR) is 133 cm³/mol. The fraction of sp³-hybridized carbons (Fsp3) is 0.560. The van der Waals surface area contributed by atoms with Crippen LogP contribution in [0.25, 0.3) is 0 Å². The molecule has 0 saturated carbocycles. The second kappa shape index (κ2) is 13.6. The zero-order valence-electron chi connectivity index (χ0n) is 20.5. The van der Waals surface area contributed by atoms with Gasteiger partial charge in [-0.1, -0.05) is 6.07 Å². The number of nitriles is 1. The Bertz CT molecular complexity index is 1010. The van der Waals surface area contributed by atoms with Gasteiger partial charge in [0.2, 0.25) is 0 Å². The molecule has 2 aromatic rings. The fourth-order valence-electron chi connectivity index (χ4n) is 4.14. The number of carboxylic acids is 1. The van der Waals surface area contributed by atoms with E-state index in [9.17, 15) is 15.2 Å². The molecule has 10 nitrogen and oxygen atoms in total. The van der Waals surface area contributed by atoms with E-state index in [1.165, 1.54) is 18.0 Å². The number of anilines is 2. The lowest BCUT2D eigenvalue weighted by atomic mass is 10.1. The van der Waals surface area contributed by atoms with E-state index in [0.29, 0.717) is 19.5 Å². The average Bonchev–Trinajstić information content (AvgIpc) is 2.88. The van der Waals surface area contributed by atoms with Gasteiger partial charge in [0.05, 0.1) is 6.10 Å². The normalized spacial score (nSPS) is 14.5. The minimum absolute atomic E-state index is 0.0322. The lowest BCUT2D eigenvalue weighted by molar-refractivity contribution is -0.138. The zero-order chi connectivity index (χ0) is 25.0. The number of methoxy groups -OCH3 is 1. The number of pyridine rings is 1. The molecule has 2 aromatic heterocycles. The van der Waals surface area contributed by atoms with Crippen LogP contribution >= 0.6 is 0 Å². The highest BCUT2D eigenvalue weighted by molar-refractivity contribution is 5.77. The lowest BCUT2D eigenvalue weighted by Gasteiger charge is -2.26. The van der Waals surface area contributed by atoms with Crippen molar-refractivity contribution < 1.29 is 14.6 Å². The van der Waals surface area contributed by atoms with Crippen LogP contribution in [-0.4, -0.2) is 76.4 Å². The van der Waals surface area contributed by atoms with E-state index < -0.39 is 12.0 Å². The molecule has 0 spiro atoms. The summed E-state index contributed by atoms with van der Waals surface area (Å²) in [5.74, 6) is 0.219. The average molecular weight is 482 g/mol. The molecule has 1 aliphatic heterocycles. The monoisotopic (exact) mass is 481 g/mol. The summed E-state index contributed by atoms with van der Waals surface area (Å²) in [6.45, 7) is 5.09. The quantitative estimate of drug-likeness (QED) is 0.345. The molecule has 10 heteroatoms. The van der Waals surface area contributed by atoms with Crippen LogP contribution < -0.4 is 10.6 Å².